The van der Waals surface area contributed by atoms with Crippen molar-refractivity contribution in [2.75, 3.05) is 5.32 Å². The minimum Gasteiger partial charge on any atom is -0.327 e. The van der Waals surface area contributed by atoms with Crippen LogP contribution in [-0.4, -0.2) is 22.1 Å². The van der Waals surface area contributed by atoms with Crippen molar-refractivity contribution in [1.29, 1.82) is 0 Å². The number of rotatable bonds is 6. The van der Waals surface area contributed by atoms with Gasteiger partial charge < -0.3 is 11.1 Å². The van der Waals surface area contributed by atoms with E-state index in [4.69, 9.17) is 5.73 Å². The molecule has 0 aromatic carbocycles. The Kier molecular flexibility index (Phi) is 5.50. The fraction of sp³-hybridized carbons (Fsp3) is 0.727. The highest BCUT2D eigenvalue weighted by Gasteiger charge is 2.11. The van der Waals surface area contributed by atoms with Crippen LogP contribution in [0.3, 0.4) is 0 Å². The quantitative estimate of drug-likeness (QED) is 0.813. The predicted molar refractivity (Wildman–Crippen MR) is 70.0 cm³/mol. The zero-order chi connectivity index (χ0) is 12.8. The highest BCUT2D eigenvalue weighted by Crippen LogP contribution is 2.18. The van der Waals surface area contributed by atoms with E-state index in [9.17, 15) is 4.79 Å². The monoisotopic (exact) mass is 256 g/mol. The molecular weight excluding hydrogens is 236 g/mol. The van der Waals surface area contributed by atoms with Crippen LogP contribution in [0, 0.1) is 5.92 Å². The van der Waals surface area contributed by atoms with E-state index in [1.165, 1.54) is 11.3 Å². The number of carbonyl (C=O) groups is 1. The number of hydrogen-bond acceptors (Lipinski definition) is 5. The average molecular weight is 256 g/mol. The van der Waals surface area contributed by atoms with Gasteiger partial charge in [-0.1, -0.05) is 32.1 Å². The molecule has 0 aliphatic heterocycles. The molecule has 0 bridgehead atoms. The average Bonchev–Trinajstić information content (AvgIpc) is 2.63. The van der Waals surface area contributed by atoms with Crippen molar-refractivity contribution >= 4 is 22.4 Å². The van der Waals surface area contributed by atoms with Crippen LogP contribution in [0.1, 0.15) is 38.6 Å². The van der Waals surface area contributed by atoms with E-state index in [1.807, 2.05) is 6.92 Å². The van der Waals surface area contributed by atoms with E-state index in [1.54, 1.807) is 0 Å². The first kappa shape index (κ1) is 14.1. The van der Waals surface area contributed by atoms with E-state index in [2.05, 4.69) is 29.4 Å². The Morgan fingerprint density at radius 1 is 1.47 bits per heavy atom. The first-order valence-corrected chi connectivity index (χ1v) is 6.70. The smallest absolute Gasteiger partial charge is 0.227 e. The molecule has 1 aromatic heterocycles. The first-order valence-electron chi connectivity index (χ1n) is 5.89. The summed E-state index contributed by atoms with van der Waals surface area (Å²) >= 11 is 1.43. The molecular formula is C11H20N4OS. The third-order valence-electron chi connectivity index (χ3n) is 2.27. The second-order valence-corrected chi connectivity index (χ2v) is 5.58. The van der Waals surface area contributed by atoms with E-state index >= 15 is 0 Å². The summed E-state index contributed by atoms with van der Waals surface area (Å²) in [5, 5.41) is 12.2. The molecule has 17 heavy (non-hydrogen) atoms. The molecule has 96 valence electrons. The molecule has 1 amide bonds. The standard InChI is InChI=1S/C11H20N4OS/c1-4-8(12)6-9(16)13-11-15-14-10(17-11)5-7(2)3/h7-8H,4-6,12H2,1-3H3,(H,13,15,16). The molecule has 1 atom stereocenters. The Bertz CT molecular complexity index is 364. The summed E-state index contributed by atoms with van der Waals surface area (Å²) in [6.45, 7) is 6.21. The van der Waals surface area contributed by atoms with Crippen LogP contribution >= 0.6 is 11.3 Å². The third kappa shape index (κ3) is 5.23. The highest BCUT2D eigenvalue weighted by atomic mass is 32.1. The maximum absolute atomic E-state index is 11.6. The van der Waals surface area contributed by atoms with Crippen molar-refractivity contribution in [3.8, 4) is 0 Å². The molecule has 0 aliphatic rings. The lowest BCUT2D eigenvalue weighted by Crippen LogP contribution is -2.26. The van der Waals surface area contributed by atoms with Crippen LogP contribution in [0.4, 0.5) is 5.13 Å². The fourth-order valence-corrected chi connectivity index (χ4v) is 2.26. The summed E-state index contributed by atoms with van der Waals surface area (Å²) in [6, 6.07) is -0.0851. The van der Waals surface area contributed by atoms with Crippen LogP contribution in [0.25, 0.3) is 0 Å². The van der Waals surface area contributed by atoms with Crippen molar-refractivity contribution in [1.82, 2.24) is 10.2 Å². The summed E-state index contributed by atoms with van der Waals surface area (Å²) in [5.74, 6) is 0.451. The maximum atomic E-state index is 11.6. The maximum Gasteiger partial charge on any atom is 0.227 e. The van der Waals surface area contributed by atoms with Gasteiger partial charge in [0, 0.05) is 18.9 Å². The largest absolute Gasteiger partial charge is 0.327 e. The van der Waals surface area contributed by atoms with Crippen molar-refractivity contribution in [2.24, 2.45) is 11.7 Å². The van der Waals surface area contributed by atoms with Crippen molar-refractivity contribution in [2.45, 2.75) is 46.1 Å². The Morgan fingerprint density at radius 3 is 2.76 bits per heavy atom. The van der Waals surface area contributed by atoms with Gasteiger partial charge in [0.1, 0.15) is 5.01 Å². The van der Waals surface area contributed by atoms with E-state index < -0.39 is 0 Å². The summed E-state index contributed by atoms with van der Waals surface area (Å²) in [4.78, 5) is 11.6. The molecule has 0 radical (unpaired) electrons. The molecule has 1 unspecified atom stereocenters. The molecule has 5 nitrogen and oxygen atoms in total. The van der Waals surface area contributed by atoms with Gasteiger partial charge >= 0.3 is 0 Å². The van der Waals surface area contributed by atoms with Gasteiger partial charge in [-0.15, -0.1) is 10.2 Å². The van der Waals surface area contributed by atoms with Gasteiger partial charge in [-0.3, -0.25) is 4.79 Å². The van der Waals surface area contributed by atoms with Gasteiger partial charge in [-0.2, -0.15) is 0 Å². The number of carbonyl (C=O) groups excluding carboxylic acids is 1. The number of anilines is 1. The molecule has 0 saturated carbocycles. The number of nitrogens with zero attached hydrogens (tertiary/aromatic N) is 2. The van der Waals surface area contributed by atoms with Gasteiger partial charge in [-0.25, -0.2) is 0 Å². The van der Waals surface area contributed by atoms with Gasteiger partial charge in [0.15, 0.2) is 0 Å². The SMILES string of the molecule is CCC(N)CC(=O)Nc1nnc(CC(C)C)s1. The predicted octanol–water partition coefficient (Wildman–Crippen LogP) is 1.80. The van der Waals surface area contributed by atoms with Crippen LogP contribution in [-0.2, 0) is 11.2 Å². The lowest BCUT2D eigenvalue weighted by atomic mass is 10.1. The molecule has 1 heterocycles. The minimum atomic E-state index is -0.0911. The summed E-state index contributed by atoms with van der Waals surface area (Å²) in [7, 11) is 0. The minimum absolute atomic E-state index is 0.0851. The molecule has 0 saturated heterocycles. The lowest BCUT2D eigenvalue weighted by Gasteiger charge is -2.06. The topological polar surface area (TPSA) is 80.9 Å². The number of hydrogen-bond donors (Lipinski definition) is 2. The van der Waals surface area contributed by atoms with Gasteiger partial charge in [-0.05, 0) is 12.3 Å². The van der Waals surface area contributed by atoms with Crippen LogP contribution < -0.4 is 11.1 Å². The Balaban J connectivity index is 2.46. The van der Waals surface area contributed by atoms with Crippen LogP contribution in [0.15, 0.2) is 0 Å². The molecule has 0 fully saturated rings. The van der Waals surface area contributed by atoms with Crippen molar-refractivity contribution < 1.29 is 4.79 Å². The van der Waals surface area contributed by atoms with Gasteiger partial charge in [0.25, 0.3) is 0 Å². The summed E-state index contributed by atoms with van der Waals surface area (Å²) in [5.41, 5.74) is 5.71. The number of aromatic nitrogens is 2. The van der Waals surface area contributed by atoms with Crippen molar-refractivity contribution in [3.63, 3.8) is 0 Å². The fourth-order valence-electron chi connectivity index (χ4n) is 1.29. The zero-order valence-corrected chi connectivity index (χ0v) is 11.4. The second kappa shape index (κ2) is 6.66. The van der Waals surface area contributed by atoms with Gasteiger partial charge in [0.05, 0.1) is 0 Å². The lowest BCUT2D eigenvalue weighted by molar-refractivity contribution is -0.116. The number of amides is 1. The van der Waals surface area contributed by atoms with E-state index in [0.29, 0.717) is 17.5 Å². The molecule has 0 aliphatic carbocycles. The molecule has 1 aromatic rings. The normalized spacial score (nSPS) is 12.8. The summed E-state index contributed by atoms with van der Waals surface area (Å²) in [6.07, 6.45) is 2.01. The molecule has 3 N–H and O–H groups in total. The van der Waals surface area contributed by atoms with Crippen molar-refractivity contribution in [3.05, 3.63) is 5.01 Å². The number of nitrogens with two attached hydrogens (primary N) is 1. The van der Waals surface area contributed by atoms with Crippen LogP contribution in [0.5, 0.6) is 0 Å². The first-order chi connectivity index (χ1) is 8.01. The van der Waals surface area contributed by atoms with E-state index in [-0.39, 0.29) is 11.9 Å². The molecule has 0 spiro atoms. The molecule has 6 heteroatoms. The molecule has 1 rings (SSSR count). The Morgan fingerprint density at radius 2 is 2.18 bits per heavy atom. The van der Waals surface area contributed by atoms with E-state index in [0.717, 1.165) is 17.8 Å². The highest BCUT2D eigenvalue weighted by molar-refractivity contribution is 7.15. The van der Waals surface area contributed by atoms with Crippen LogP contribution in [0.2, 0.25) is 0 Å². The summed E-state index contributed by atoms with van der Waals surface area (Å²) < 4.78 is 0. The Hall–Kier alpha value is -1.01. The second-order valence-electron chi connectivity index (χ2n) is 4.52. The van der Waals surface area contributed by atoms with Gasteiger partial charge in [0.2, 0.25) is 11.0 Å². The number of nitrogens with one attached hydrogen (secondary N) is 1. The third-order valence-corrected chi connectivity index (χ3v) is 3.13. The zero-order valence-electron chi connectivity index (χ0n) is 10.6. The Labute approximate surface area is 106 Å².